The smallest absolute Gasteiger partial charge is 0.156 e. The molecule has 1 aromatic carbocycles. The fourth-order valence-electron chi connectivity index (χ4n) is 2.84. The van der Waals surface area contributed by atoms with Gasteiger partial charge in [0.15, 0.2) is 5.78 Å². The van der Waals surface area contributed by atoms with E-state index in [1.807, 2.05) is 18.2 Å². The van der Waals surface area contributed by atoms with Gasteiger partial charge in [-0.05, 0) is 41.0 Å². The third-order valence-electron chi connectivity index (χ3n) is 4.09. The first-order valence-corrected chi connectivity index (χ1v) is 7.92. The van der Waals surface area contributed by atoms with Crippen molar-refractivity contribution in [1.29, 1.82) is 0 Å². The van der Waals surface area contributed by atoms with Gasteiger partial charge in [0.05, 0.1) is 0 Å². The molecule has 0 fully saturated rings. The lowest BCUT2D eigenvalue weighted by atomic mass is 9.77. The summed E-state index contributed by atoms with van der Waals surface area (Å²) in [4.78, 5) is 11.8. The van der Waals surface area contributed by atoms with E-state index in [0.29, 0.717) is 6.61 Å². The molecule has 0 amide bonds. The summed E-state index contributed by atoms with van der Waals surface area (Å²) in [6, 6.07) is 10.2. The highest BCUT2D eigenvalue weighted by atomic mass is 16.5. The Morgan fingerprint density at radius 1 is 1.23 bits per heavy atom. The van der Waals surface area contributed by atoms with E-state index in [2.05, 4.69) is 45.9 Å². The zero-order chi connectivity index (χ0) is 16.3. The molecule has 0 heterocycles. The summed E-state index contributed by atoms with van der Waals surface area (Å²) in [5.41, 5.74) is 3.19. The Balaban J connectivity index is 2.29. The average Bonchev–Trinajstić information content (AvgIpc) is 2.44. The molecule has 1 aromatic rings. The number of ketones is 1. The maximum atomic E-state index is 11.8. The summed E-state index contributed by atoms with van der Waals surface area (Å²) in [5, 5.41) is 0. The second-order valence-electron chi connectivity index (χ2n) is 7.12. The average molecular weight is 298 g/mol. The van der Waals surface area contributed by atoms with Crippen molar-refractivity contribution in [3.05, 3.63) is 58.9 Å². The highest BCUT2D eigenvalue weighted by Gasteiger charge is 2.29. The van der Waals surface area contributed by atoms with Crippen LogP contribution in [0.15, 0.2) is 53.3 Å². The molecule has 1 aliphatic rings. The lowest BCUT2D eigenvalue weighted by Gasteiger charge is -2.31. The van der Waals surface area contributed by atoms with Crippen molar-refractivity contribution in [3.63, 3.8) is 0 Å². The minimum absolute atomic E-state index is 0.0349. The lowest BCUT2D eigenvalue weighted by molar-refractivity contribution is -0.114. The van der Waals surface area contributed by atoms with Gasteiger partial charge in [-0.1, -0.05) is 58.0 Å². The second kappa shape index (κ2) is 6.51. The van der Waals surface area contributed by atoms with Crippen molar-refractivity contribution in [2.45, 2.75) is 47.6 Å². The van der Waals surface area contributed by atoms with E-state index in [1.54, 1.807) is 6.92 Å². The Hall–Kier alpha value is -1.83. The molecule has 0 radical (unpaired) electrons. The van der Waals surface area contributed by atoms with Gasteiger partial charge in [-0.25, -0.2) is 0 Å². The minimum atomic E-state index is -0.0349. The first-order chi connectivity index (χ1) is 10.3. The largest absolute Gasteiger partial charge is 0.493 e. The topological polar surface area (TPSA) is 26.3 Å². The van der Waals surface area contributed by atoms with Crippen molar-refractivity contribution in [1.82, 2.24) is 0 Å². The van der Waals surface area contributed by atoms with E-state index in [0.717, 1.165) is 28.9 Å². The standard InChI is InChI=1S/C20H26O2/c1-14-11-19(22-13-16-9-7-6-8-10-16)18(20(3,4)5)12-17(14)15(2)21/h6-10,12,14H,11,13H2,1-5H3. The molecule has 0 aromatic heterocycles. The fourth-order valence-corrected chi connectivity index (χ4v) is 2.84. The number of hydrogen-bond donors (Lipinski definition) is 0. The number of carbonyl (C=O) groups is 1. The van der Waals surface area contributed by atoms with E-state index in [1.165, 1.54) is 0 Å². The maximum Gasteiger partial charge on any atom is 0.156 e. The summed E-state index contributed by atoms with van der Waals surface area (Å²) < 4.78 is 6.13. The summed E-state index contributed by atoms with van der Waals surface area (Å²) in [5.74, 6) is 1.40. The third kappa shape index (κ3) is 3.88. The van der Waals surface area contributed by atoms with Gasteiger partial charge in [0, 0.05) is 6.42 Å². The number of rotatable bonds is 4. The van der Waals surface area contributed by atoms with Crippen molar-refractivity contribution in [2.24, 2.45) is 11.3 Å². The number of allylic oxidation sites excluding steroid dienone is 4. The van der Waals surface area contributed by atoms with Crippen LogP contribution in [0.5, 0.6) is 0 Å². The van der Waals surface area contributed by atoms with Crippen LogP contribution in [-0.4, -0.2) is 5.78 Å². The summed E-state index contributed by atoms with van der Waals surface area (Å²) in [6.07, 6.45) is 2.85. The number of carbonyl (C=O) groups excluding carboxylic acids is 1. The van der Waals surface area contributed by atoms with Crippen LogP contribution in [-0.2, 0) is 16.1 Å². The van der Waals surface area contributed by atoms with E-state index in [-0.39, 0.29) is 17.1 Å². The van der Waals surface area contributed by atoms with Crippen LogP contribution >= 0.6 is 0 Å². The van der Waals surface area contributed by atoms with Gasteiger partial charge in [-0.2, -0.15) is 0 Å². The van der Waals surface area contributed by atoms with Gasteiger partial charge in [0.2, 0.25) is 0 Å². The van der Waals surface area contributed by atoms with E-state index in [9.17, 15) is 4.79 Å². The molecule has 0 aliphatic heterocycles. The van der Waals surface area contributed by atoms with Crippen LogP contribution in [0.3, 0.4) is 0 Å². The van der Waals surface area contributed by atoms with Gasteiger partial charge in [0.1, 0.15) is 12.4 Å². The molecular weight excluding hydrogens is 272 g/mol. The van der Waals surface area contributed by atoms with Crippen LogP contribution < -0.4 is 0 Å². The van der Waals surface area contributed by atoms with Crippen molar-refractivity contribution < 1.29 is 9.53 Å². The van der Waals surface area contributed by atoms with Gasteiger partial charge < -0.3 is 4.74 Å². The Morgan fingerprint density at radius 3 is 2.41 bits per heavy atom. The number of hydrogen-bond acceptors (Lipinski definition) is 2. The van der Waals surface area contributed by atoms with E-state index in [4.69, 9.17) is 4.74 Å². The number of Topliss-reactive ketones (excluding diaryl/α,β-unsaturated/α-hetero) is 1. The maximum absolute atomic E-state index is 11.8. The molecule has 2 nitrogen and oxygen atoms in total. The first kappa shape index (κ1) is 16.5. The van der Waals surface area contributed by atoms with Crippen LogP contribution in [0.2, 0.25) is 0 Å². The zero-order valence-electron chi connectivity index (χ0n) is 14.3. The Morgan fingerprint density at radius 2 is 1.86 bits per heavy atom. The zero-order valence-corrected chi connectivity index (χ0v) is 14.3. The molecule has 0 N–H and O–H groups in total. The van der Waals surface area contributed by atoms with Gasteiger partial charge in [0.25, 0.3) is 0 Å². The van der Waals surface area contributed by atoms with E-state index < -0.39 is 0 Å². The molecule has 2 heteroatoms. The molecular formula is C20H26O2. The molecule has 0 saturated carbocycles. The molecule has 118 valence electrons. The Labute approximate surface area is 133 Å². The SMILES string of the molecule is CC(=O)C1=CC(C(C)(C)C)=C(OCc2ccccc2)CC1C. The van der Waals surface area contributed by atoms with Gasteiger partial charge >= 0.3 is 0 Å². The molecule has 2 rings (SSSR count). The Kier molecular flexibility index (Phi) is 4.90. The summed E-state index contributed by atoms with van der Waals surface area (Å²) >= 11 is 0. The highest BCUT2D eigenvalue weighted by Crippen LogP contribution is 2.39. The van der Waals surface area contributed by atoms with Crippen LogP contribution in [0.4, 0.5) is 0 Å². The first-order valence-electron chi connectivity index (χ1n) is 7.92. The Bertz CT molecular complexity index is 600. The molecule has 0 bridgehead atoms. The van der Waals surface area contributed by atoms with Gasteiger partial charge in [-0.15, -0.1) is 0 Å². The molecule has 22 heavy (non-hydrogen) atoms. The van der Waals surface area contributed by atoms with Crippen molar-refractivity contribution in [2.75, 3.05) is 0 Å². The fraction of sp³-hybridized carbons (Fsp3) is 0.450. The van der Waals surface area contributed by atoms with Crippen molar-refractivity contribution >= 4 is 5.78 Å². The predicted molar refractivity (Wildman–Crippen MR) is 90.3 cm³/mol. The van der Waals surface area contributed by atoms with Crippen molar-refractivity contribution in [3.8, 4) is 0 Å². The lowest BCUT2D eigenvalue weighted by Crippen LogP contribution is -2.21. The second-order valence-corrected chi connectivity index (χ2v) is 7.12. The minimum Gasteiger partial charge on any atom is -0.493 e. The molecule has 1 atom stereocenters. The number of benzene rings is 1. The quantitative estimate of drug-likeness (QED) is 0.776. The predicted octanol–water partition coefficient (Wildman–Crippen LogP) is 5.06. The van der Waals surface area contributed by atoms with Crippen LogP contribution in [0, 0.1) is 11.3 Å². The molecule has 1 aliphatic carbocycles. The third-order valence-corrected chi connectivity index (χ3v) is 4.09. The van der Waals surface area contributed by atoms with Crippen LogP contribution in [0.1, 0.15) is 46.6 Å². The van der Waals surface area contributed by atoms with Gasteiger partial charge in [-0.3, -0.25) is 4.79 Å². The number of ether oxygens (including phenoxy) is 1. The summed E-state index contributed by atoms with van der Waals surface area (Å²) in [7, 11) is 0. The summed E-state index contributed by atoms with van der Waals surface area (Å²) in [6.45, 7) is 10.8. The molecule has 1 unspecified atom stereocenters. The monoisotopic (exact) mass is 298 g/mol. The van der Waals surface area contributed by atoms with E-state index >= 15 is 0 Å². The van der Waals surface area contributed by atoms with Crippen LogP contribution in [0.25, 0.3) is 0 Å². The molecule has 0 saturated heterocycles. The highest BCUT2D eigenvalue weighted by molar-refractivity contribution is 5.94. The molecule has 0 spiro atoms. The normalized spacial score (nSPS) is 19.0.